The van der Waals surface area contributed by atoms with Crippen LogP contribution in [0.15, 0.2) is 24.3 Å². The minimum atomic E-state index is -0.836. The summed E-state index contributed by atoms with van der Waals surface area (Å²) >= 11 is 0. The lowest BCUT2D eigenvalue weighted by molar-refractivity contribution is -0.143. The summed E-state index contributed by atoms with van der Waals surface area (Å²) in [6.07, 6.45) is 1.32. The van der Waals surface area contributed by atoms with E-state index in [0.717, 1.165) is 38.4 Å². The van der Waals surface area contributed by atoms with E-state index in [2.05, 4.69) is 37.9 Å². The van der Waals surface area contributed by atoms with Crippen molar-refractivity contribution in [1.82, 2.24) is 9.80 Å². The molecule has 0 bridgehead atoms. The van der Waals surface area contributed by atoms with E-state index in [1.807, 2.05) is 29.2 Å². The van der Waals surface area contributed by atoms with Gasteiger partial charge in [0.1, 0.15) is 5.41 Å². The molecule has 1 aromatic carbocycles. The van der Waals surface area contributed by atoms with Gasteiger partial charge in [0.25, 0.3) is 0 Å². The SMILES string of the molecule is CCN1CCN(C(=O)C2(C(=O)Nc3ccc(C(C)(C)C)cc3)CC2)CC1. The lowest BCUT2D eigenvalue weighted by atomic mass is 9.87. The zero-order valence-corrected chi connectivity index (χ0v) is 16.5. The van der Waals surface area contributed by atoms with Crippen molar-refractivity contribution in [1.29, 1.82) is 0 Å². The Morgan fingerprint density at radius 2 is 1.62 bits per heavy atom. The fraction of sp³-hybridized carbons (Fsp3) is 0.619. The second-order valence-electron chi connectivity index (χ2n) is 8.59. The van der Waals surface area contributed by atoms with Gasteiger partial charge in [0.2, 0.25) is 11.8 Å². The molecule has 5 heteroatoms. The van der Waals surface area contributed by atoms with Crippen LogP contribution in [0.3, 0.4) is 0 Å². The van der Waals surface area contributed by atoms with Gasteiger partial charge < -0.3 is 15.1 Å². The molecule has 2 aliphatic rings. The van der Waals surface area contributed by atoms with Gasteiger partial charge in [-0.15, -0.1) is 0 Å². The fourth-order valence-electron chi connectivity index (χ4n) is 3.54. The first-order valence-electron chi connectivity index (χ1n) is 9.70. The van der Waals surface area contributed by atoms with E-state index in [4.69, 9.17) is 0 Å². The molecule has 2 amide bonds. The molecule has 0 atom stereocenters. The number of carbonyl (C=O) groups excluding carboxylic acids is 2. The lowest BCUT2D eigenvalue weighted by Crippen LogP contribution is -2.52. The molecule has 2 fully saturated rings. The summed E-state index contributed by atoms with van der Waals surface area (Å²) in [5.41, 5.74) is 1.23. The number of amides is 2. The van der Waals surface area contributed by atoms with Crippen LogP contribution in [0.2, 0.25) is 0 Å². The maximum atomic E-state index is 12.9. The van der Waals surface area contributed by atoms with Crippen molar-refractivity contribution in [2.24, 2.45) is 5.41 Å². The molecule has 1 heterocycles. The maximum absolute atomic E-state index is 12.9. The second-order valence-corrected chi connectivity index (χ2v) is 8.59. The molecule has 142 valence electrons. The molecule has 1 aliphatic heterocycles. The first kappa shape index (κ1) is 18.9. The zero-order valence-electron chi connectivity index (χ0n) is 16.5. The van der Waals surface area contributed by atoms with Crippen molar-refractivity contribution in [3.63, 3.8) is 0 Å². The van der Waals surface area contributed by atoms with E-state index in [1.54, 1.807) is 0 Å². The topological polar surface area (TPSA) is 52.7 Å². The summed E-state index contributed by atoms with van der Waals surface area (Å²) in [6, 6.07) is 7.94. The third-order valence-corrected chi connectivity index (χ3v) is 5.71. The van der Waals surface area contributed by atoms with Crippen LogP contribution in [0.5, 0.6) is 0 Å². The first-order chi connectivity index (χ1) is 12.3. The summed E-state index contributed by atoms with van der Waals surface area (Å²) in [6.45, 7) is 12.9. The van der Waals surface area contributed by atoms with Crippen LogP contribution >= 0.6 is 0 Å². The molecule has 1 aliphatic carbocycles. The van der Waals surface area contributed by atoms with Crippen LogP contribution in [0.4, 0.5) is 5.69 Å². The number of hydrogen-bond acceptors (Lipinski definition) is 3. The van der Waals surface area contributed by atoms with Gasteiger partial charge in [-0.25, -0.2) is 0 Å². The average molecular weight is 357 g/mol. The predicted octanol–water partition coefficient (Wildman–Crippen LogP) is 2.87. The minimum absolute atomic E-state index is 0.0112. The third-order valence-electron chi connectivity index (χ3n) is 5.71. The summed E-state index contributed by atoms with van der Waals surface area (Å²) in [5, 5.41) is 2.97. The highest BCUT2D eigenvalue weighted by atomic mass is 16.2. The molecule has 0 aromatic heterocycles. The molecule has 0 unspecified atom stereocenters. The van der Waals surface area contributed by atoms with Gasteiger partial charge in [-0.2, -0.15) is 0 Å². The van der Waals surface area contributed by atoms with Crippen molar-refractivity contribution in [2.75, 3.05) is 38.0 Å². The predicted molar refractivity (Wildman–Crippen MR) is 104 cm³/mol. The highest BCUT2D eigenvalue weighted by Gasteiger charge is 2.58. The zero-order chi connectivity index (χ0) is 18.9. The largest absolute Gasteiger partial charge is 0.339 e. The van der Waals surface area contributed by atoms with Gasteiger partial charge >= 0.3 is 0 Å². The monoisotopic (exact) mass is 357 g/mol. The first-order valence-corrected chi connectivity index (χ1v) is 9.70. The lowest BCUT2D eigenvalue weighted by Gasteiger charge is -2.35. The highest BCUT2D eigenvalue weighted by Crippen LogP contribution is 2.48. The van der Waals surface area contributed by atoms with Crippen molar-refractivity contribution >= 4 is 17.5 Å². The van der Waals surface area contributed by atoms with Crippen LogP contribution in [0, 0.1) is 5.41 Å². The van der Waals surface area contributed by atoms with Crippen LogP contribution in [0.25, 0.3) is 0 Å². The number of hydrogen-bond donors (Lipinski definition) is 1. The molecule has 26 heavy (non-hydrogen) atoms. The van der Waals surface area contributed by atoms with Gasteiger partial charge in [-0.3, -0.25) is 9.59 Å². The van der Waals surface area contributed by atoms with E-state index in [9.17, 15) is 9.59 Å². The number of benzene rings is 1. The highest BCUT2D eigenvalue weighted by molar-refractivity contribution is 6.13. The van der Waals surface area contributed by atoms with Gasteiger partial charge in [-0.05, 0) is 42.5 Å². The number of nitrogens with zero attached hydrogens (tertiary/aromatic N) is 2. The molecule has 1 saturated carbocycles. The minimum Gasteiger partial charge on any atom is -0.339 e. The Bertz CT molecular complexity index is 663. The maximum Gasteiger partial charge on any atom is 0.240 e. The summed E-state index contributed by atoms with van der Waals surface area (Å²) in [5.74, 6) is -0.138. The molecule has 1 saturated heterocycles. The second kappa shape index (κ2) is 7.03. The number of likely N-dealkylation sites (N-methyl/N-ethyl adjacent to an activating group) is 1. The Hall–Kier alpha value is -1.88. The van der Waals surface area contributed by atoms with Crippen molar-refractivity contribution in [3.05, 3.63) is 29.8 Å². The van der Waals surface area contributed by atoms with E-state index in [0.29, 0.717) is 12.8 Å². The van der Waals surface area contributed by atoms with Crippen molar-refractivity contribution in [3.8, 4) is 0 Å². The summed E-state index contributed by atoms with van der Waals surface area (Å²) < 4.78 is 0. The Balaban J connectivity index is 1.63. The van der Waals surface area contributed by atoms with Gasteiger partial charge in [-0.1, -0.05) is 39.8 Å². The van der Waals surface area contributed by atoms with E-state index < -0.39 is 5.41 Å². The number of nitrogens with one attached hydrogen (secondary N) is 1. The molecular weight excluding hydrogens is 326 g/mol. The van der Waals surface area contributed by atoms with Gasteiger partial charge in [0.05, 0.1) is 0 Å². The van der Waals surface area contributed by atoms with Crippen LogP contribution in [0.1, 0.15) is 46.1 Å². The Morgan fingerprint density at radius 3 is 2.08 bits per heavy atom. The standard InChI is InChI=1S/C21H31N3O2/c1-5-23-12-14-24(15-13-23)19(26)21(10-11-21)18(25)22-17-8-6-16(7-9-17)20(2,3)4/h6-9H,5,10-15H2,1-4H3,(H,22,25). The molecule has 0 spiro atoms. The molecule has 5 nitrogen and oxygen atoms in total. The van der Waals surface area contributed by atoms with Crippen LogP contribution in [-0.2, 0) is 15.0 Å². The third kappa shape index (κ3) is 3.78. The quantitative estimate of drug-likeness (QED) is 0.843. The number of carbonyl (C=O) groups is 2. The van der Waals surface area contributed by atoms with E-state index in [-0.39, 0.29) is 17.2 Å². The summed E-state index contributed by atoms with van der Waals surface area (Å²) in [7, 11) is 0. The normalized spacial score (nSPS) is 19.9. The number of anilines is 1. The van der Waals surface area contributed by atoms with Crippen LogP contribution < -0.4 is 5.32 Å². The number of rotatable bonds is 4. The van der Waals surface area contributed by atoms with E-state index >= 15 is 0 Å². The smallest absolute Gasteiger partial charge is 0.240 e. The number of piperazine rings is 1. The molecule has 3 rings (SSSR count). The van der Waals surface area contributed by atoms with Crippen molar-refractivity contribution in [2.45, 2.75) is 46.0 Å². The van der Waals surface area contributed by atoms with Gasteiger partial charge in [0, 0.05) is 31.9 Å². The summed E-state index contributed by atoms with van der Waals surface area (Å²) in [4.78, 5) is 30.0. The Kier molecular flexibility index (Phi) is 5.11. The molecular formula is C21H31N3O2. The van der Waals surface area contributed by atoms with Crippen LogP contribution in [-0.4, -0.2) is 54.3 Å². The molecule has 0 radical (unpaired) electrons. The molecule has 1 aromatic rings. The van der Waals surface area contributed by atoms with E-state index in [1.165, 1.54) is 5.56 Å². The Labute approximate surface area is 156 Å². The van der Waals surface area contributed by atoms with Crippen molar-refractivity contribution < 1.29 is 9.59 Å². The fourth-order valence-corrected chi connectivity index (χ4v) is 3.54. The molecule has 1 N–H and O–H groups in total. The average Bonchev–Trinajstić information content (AvgIpc) is 3.43. The Morgan fingerprint density at radius 1 is 1.04 bits per heavy atom. The van der Waals surface area contributed by atoms with Gasteiger partial charge in [0.15, 0.2) is 0 Å².